The quantitative estimate of drug-likeness (QED) is 0.737. The summed E-state index contributed by atoms with van der Waals surface area (Å²) in [6, 6.07) is 16.4. The fraction of sp³-hybridized carbons (Fsp3) is 0.364. The smallest absolute Gasteiger partial charge is 0.260 e. The number of likely N-dealkylation sites (tertiary alicyclic amines) is 1. The molecule has 2 aliphatic rings. The van der Waals surface area contributed by atoms with Crippen molar-refractivity contribution in [2.24, 2.45) is 0 Å². The first kappa shape index (κ1) is 20.1. The van der Waals surface area contributed by atoms with Crippen molar-refractivity contribution in [2.75, 3.05) is 32.0 Å². The van der Waals surface area contributed by atoms with E-state index in [-0.39, 0.29) is 23.3 Å². The molecule has 0 bridgehead atoms. The van der Waals surface area contributed by atoms with E-state index in [4.69, 9.17) is 16.3 Å². The number of benzene rings is 2. The predicted octanol–water partition coefficient (Wildman–Crippen LogP) is 3.93. The van der Waals surface area contributed by atoms with Gasteiger partial charge in [-0.3, -0.25) is 9.59 Å². The van der Waals surface area contributed by atoms with Gasteiger partial charge >= 0.3 is 0 Å². The van der Waals surface area contributed by atoms with Crippen LogP contribution >= 0.6 is 23.4 Å². The summed E-state index contributed by atoms with van der Waals surface area (Å²) in [5.41, 5.74) is 0.726. The van der Waals surface area contributed by atoms with Gasteiger partial charge < -0.3 is 14.5 Å². The van der Waals surface area contributed by atoms with Crippen molar-refractivity contribution in [2.45, 2.75) is 17.7 Å². The van der Waals surface area contributed by atoms with E-state index in [0.717, 1.165) is 30.7 Å². The summed E-state index contributed by atoms with van der Waals surface area (Å²) in [7, 11) is 0. The number of nitrogens with zero attached hydrogens (tertiary/aromatic N) is 2. The molecule has 2 fully saturated rings. The highest BCUT2D eigenvalue weighted by Gasteiger charge is 2.47. The molecule has 0 radical (unpaired) electrons. The Bertz CT molecular complexity index is 867. The Balaban J connectivity index is 1.34. The lowest BCUT2D eigenvalue weighted by molar-refractivity contribution is -0.135. The molecule has 2 aromatic rings. The maximum absolute atomic E-state index is 13.0. The molecule has 1 spiro atoms. The average molecular weight is 431 g/mol. The van der Waals surface area contributed by atoms with Gasteiger partial charge in [0.15, 0.2) is 6.61 Å². The largest absolute Gasteiger partial charge is 0.484 e. The van der Waals surface area contributed by atoms with E-state index in [1.54, 1.807) is 24.3 Å². The molecule has 0 aromatic heterocycles. The van der Waals surface area contributed by atoms with Crippen LogP contribution in [0.3, 0.4) is 0 Å². The van der Waals surface area contributed by atoms with Crippen molar-refractivity contribution in [3.05, 3.63) is 65.2 Å². The van der Waals surface area contributed by atoms with Gasteiger partial charge in [0.05, 0.1) is 4.87 Å². The number of carbonyl (C=O) groups excluding carboxylic acids is 2. The van der Waals surface area contributed by atoms with Gasteiger partial charge in [0.25, 0.3) is 11.8 Å². The lowest BCUT2D eigenvalue weighted by Crippen LogP contribution is -2.54. The maximum atomic E-state index is 13.0. The molecule has 2 aromatic carbocycles. The van der Waals surface area contributed by atoms with E-state index in [1.807, 2.05) is 51.9 Å². The van der Waals surface area contributed by atoms with Gasteiger partial charge in [-0.15, -0.1) is 11.8 Å². The van der Waals surface area contributed by atoms with E-state index < -0.39 is 0 Å². The molecular formula is C22H23ClN2O3S. The number of thioether (sulfide) groups is 1. The van der Waals surface area contributed by atoms with Gasteiger partial charge in [-0.05, 0) is 49.2 Å². The first-order chi connectivity index (χ1) is 14.1. The summed E-state index contributed by atoms with van der Waals surface area (Å²) < 4.78 is 5.59. The van der Waals surface area contributed by atoms with Crippen LogP contribution in [0.1, 0.15) is 23.2 Å². The number of piperidine rings is 1. The Morgan fingerprint density at radius 3 is 2.38 bits per heavy atom. The summed E-state index contributed by atoms with van der Waals surface area (Å²) in [6.07, 6.45) is 1.56. The van der Waals surface area contributed by atoms with Crippen LogP contribution in [-0.2, 0) is 4.79 Å². The Kier molecular flexibility index (Phi) is 6.01. The third kappa shape index (κ3) is 4.38. The van der Waals surface area contributed by atoms with Crippen LogP contribution < -0.4 is 4.74 Å². The maximum Gasteiger partial charge on any atom is 0.260 e. The molecule has 0 saturated carbocycles. The number of ether oxygens (including phenoxy) is 1. The summed E-state index contributed by atoms with van der Waals surface area (Å²) >= 11 is 7.71. The standard InChI is InChI=1S/C22H23ClN2O3S/c23-18-6-8-19(9-7-18)28-16-20(26)24-12-10-22(11-13-24)25(14-15-29-22)21(27)17-4-2-1-3-5-17/h1-9H,10-16H2. The highest BCUT2D eigenvalue weighted by atomic mass is 35.5. The number of amides is 2. The molecule has 2 heterocycles. The second-order valence-corrected chi connectivity index (χ2v) is 9.13. The monoisotopic (exact) mass is 430 g/mol. The van der Waals surface area contributed by atoms with Crippen molar-refractivity contribution < 1.29 is 14.3 Å². The molecule has 2 saturated heterocycles. The van der Waals surface area contributed by atoms with Crippen molar-refractivity contribution in [3.63, 3.8) is 0 Å². The van der Waals surface area contributed by atoms with Gasteiger partial charge in [0.2, 0.25) is 0 Å². The molecule has 0 unspecified atom stereocenters. The fourth-order valence-corrected chi connectivity index (χ4v) is 5.50. The third-order valence-electron chi connectivity index (χ3n) is 5.52. The van der Waals surface area contributed by atoms with Gasteiger partial charge in [-0.1, -0.05) is 29.8 Å². The zero-order valence-electron chi connectivity index (χ0n) is 16.1. The first-order valence-electron chi connectivity index (χ1n) is 9.75. The van der Waals surface area contributed by atoms with Crippen molar-refractivity contribution in [1.82, 2.24) is 9.80 Å². The highest BCUT2D eigenvalue weighted by Crippen LogP contribution is 2.44. The molecule has 0 aliphatic carbocycles. The minimum atomic E-state index is -0.208. The normalized spacial score (nSPS) is 18.1. The molecule has 4 rings (SSSR count). The van der Waals surface area contributed by atoms with Crippen LogP contribution in [0.5, 0.6) is 5.75 Å². The second kappa shape index (κ2) is 8.67. The Morgan fingerprint density at radius 2 is 1.69 bits per heavy atom. The Hall–Kier alpha value is -2.18. The summed E-state index contributed by atoms with van der Waals surface area (Å²) in [6.45, 7) is 2.03. The number of carbonyl (C=O) groups is 2. The Labute approximate surface area is 180 Å². The van der Waals surface area contributed by atoms with Crippen LogP contribution in [0.25, 0.3) is 0 Å². The van der Waals surface area contributed by atoms with Crippen LogP contribution in [0, 0.1) is 0 Å². The van der Waals surface area contributed by atoms with Gasteiger partial charge in [0, 0.05) is 36.0 Å². The van der Waals surface area contributed by atoms with Crippen molar-refractivity contribution in [3.8, 4) is 5.75 Å². The van der Waals surface area contributed by atoms with E-state index in [2.05, 4.69) is 0 Å². The summed E-state index contributed by atoms with van der Waals surface area (Å²) in [4.78, 5) is 29.2. The molecule has 2 amide bonds. The lowest BCUT2D eigenvalue weighted by atomic mass is 10.0. The van der Waals surface area contributed by atoms with E-state index >= 15 is 0 Å². The minimum absolute atomic E-state index is 0.00837. The van der Waals surface area contributed by atoms with Crippen molar-refractivity contribution in [1.29, 1.82) is 0 Å². The summed E-state index contributed by atoms with van der Waals surface area (Å²) in [5, 5.41) is 0.633. The highest BCUT2D eigenvalue weighted by molar-refractivity contribution is 8.00. The van der Waals surface area contributed by atoms with E-state index in [0.29, 0.717) is 23.9 Å². The second-order valence-electron chi connectivity index (χ2n) is 7.24. The molecule has 2 aliphatic heterocycles. The van der Waals surface area contributed by atoms with Gasteiger partial charge in [-0.2, -0.15) is 0 Å². The number of hydrogen-bond donors (Lipinski definition) is 0. The molecule has 0 N–H and O–H groups in total. The molecular weight excluding hydrogens is 408 g/mol. The van der Waals surface area contributed by atoms with Crippen LogP contribution in [-0.4, -0.2) is 58.5 Å². The van der Waals surface area contributed by atoms with Crippen molar-refractivity contribution >= 4 is 35.2 Å². The number of rotatable bonds is 4. The van der Waals surface area contributed by atoms with E-state index in [9.17, 15) is 9.59 Å². The lowest BCUT2D eigenvalue weighted by Gasteiger charge is -2.44. The average Bonchev–Trinajstić information content (AvgIpc) is 3.16. The SMILES string of the molecule is O=C(COc1ccc(Cl)cc1)N1CCC2(CC1)SCCN2C(=O)c1ccccc1. The molecule has 0 atom stereocenters. The van der Waals surface area contributed by atoms with Gasteiger partial charge in [0.1, 0.15) is 5.75 Å². The fourth-order valence-electron chi connectivity index (χ4n) is 3.92. The third-order valence-corrected chi connectivity index (χ3v) is 7.32. The summed E-state index contributed by atoms with van der Waals surface area (Å²) in [5.74, 6) is 1.62. The molecule has 29 heavy (non-hydrogen) atoms. The number of hydrogen-bond acceptors (Lipinski definition) is 4. The zero-order chi connectivity index (χ0) is 20.3. The molecule has 7 heteroatoms. The predicted molar refractivity (Wildman–Crippen MR) is 115 cm³/mol. The topological polar surface area (TPSA) is 49.9 Å². The first-order valence-corrected chi connectivity index (χ1v) is 11.1. The number of halogens is 1. The molecule has 5 nitrogen and oxygen atoms in total. The Morgan fingerprint density at radius 1 is 1.00 bits per heavy atom. The van der Waals surface area contributed by atoms with E-state index in [1.165, 1.54) is 0 Å². The van der Waals surface area contributed by atoms with Gasteiger partial charge in [-0.25, -0.2) is 0 Å². The zero-order valence-corrected chi connectivity index (χ0v) is 17.6. The molecule has 152 valence electrons. The minimum Gasteiger partial charge on any atom is -0.484 e. The van der Waals surface area contributed by atoms with Crippen LogP contribution in [0.2, 0.25) is 5.02 Å². The van der Waals surface area contributed by atoms with Crippen LogP contribution in [0.4, 0.5) is 0 Å². The van der Waals surface area contributed by atoms with Crippen LogP contribution in [0.15, 0.2) is 54.6 Å².